The molecule has 24 heavy (non-hydrogen) atoms. The molecule has 0 aliphatic carbocycles. The number of thiol groups is 1. The second-order valence-corrected chi connectivity index (χ2v) is 5.97. The van der Waals surface area contributed by atoms with E-state index in [0.717, 1.165) is 0 Å². The summed E-state index contributed by atoms with van der Waals surface area (Å²) in [5.74, 6) is -4.12. The molecule has 0 spiro atoms. The number of carbonyl (C=O) groups excluding carboxylic acids is 3. The van der Waals surface area contributed by atoms with Crippen LogP contribution < -0.4 is 21.5 Å². The van der Waals surface area contributed by atoms with Crippen LogP contribution in [0.4, 0.5) is 0 Å². The number of hydrogen-bond donors (Lipinski definition) is 6. The molecule has 0 bridgehead atoms. The van der Waals surface area contributed by atoms with E-state index in [-0.39, 0.29) is 18.6 Å². The summed E-state index contributed by atoms with van der Waals surface area (Å²) in [4.78, 5) is 44.9. The van der Waals surface area contributed by atoms with E-state index < -0.39 is 52.7 Å². The lowest BCUT2D eigenvalue weighted by Gasteiger charge is -2.16. The van der Waals surface area contributed by atoms with Crippen LogP contribution in [0.2, 0.25) is 0 Å². The zero-order valence-corrected chi connectivity index (χ0v) is 14.0. The highest BCUT2D eigenvalue weighted by Gasteiger charge is 2.23. The predicted octanol–water partition coefficient (Wildman–Crippen LogP) is -3.54. The minimum absolute atomic E-state index is 0.100. The summed E-state index contributed by atoms with van der Waals surface area (Å²) >= 11 is 3.86. The Morgan fingerprint density at radius 2 is 1.83 bits per heavy atom. The van der Waals surface area contributed by atoms with Gasteiger partial charge in [0.15, 0.2) is 0 Å². The van der Waals surface area contributed by atoms with Gasteiger partial charge in [0.05, 0.1) is 0 Å². The van der Waals surface area contributed by atoms with E-state index in [1.165, 1.54) is 0 Å². The van der Waals surface area contributed by atoms with Gasteiger partial charge in [-0.3, -0.25) is 14.4 Å². The molecule has 0 saturated carbocycles. The van der Waals surface area contributed by atoms with Gasteiger partial charge in [-0.2, -0.15) is 26.2 Å². The molecule has 0 radical (unpaired) electrons. The number of carbonyl (C=O) groups is 4. The van der Waals surface area contributed by atoms with Gasteiger partial charge in [0, 0.05) is 12.2 Å². The Kier molecular flexibility index (Phi) is 9.27. The van der Waals surface area contributed by atoms with E-state index in [9.17, 15) is 27.6 Å². The number of hydrogen-bond acceptors (Lipinski definition) is 9. The zero-order valence-electron chi connectivity index (χ0n) is 12.3. The zero-order chi connectivity index (χ0) is 18.9. The quantitative estimate of drug-likeness (QED) is 0.205. The third-order valence-electron chi connectivity index (χ3n) is 2.43. The standard InChI is InChI=1S/C10H18N4O8S2/c11-5(10(19)22-24(12,20)21)1-2-7(15)14-6(4-23)9(18)13-3-8(16)17/h5-6,23H,1-4,11H2,(H,13,18)(H,14,15)(H,16,17)(H2,12,20,21). The lowest BCUT2D eigenvalue weighted by molar-refractivity contribution is -0.138. The van der Waals surface area contributed by atoms with Crippen molar-refractivity contribution in [3.8, 4) is 0 Å². The molecule has 0 heterocycles. The van der Waals surface area contributed by atoms with E-state index in [1.54, 1.807) is 0 Å². The Hall–Kier alpha value is -1.90. The Labute approximate surface area is 142 Å². The van der Waals surface area contributed by atoms with E-state index >= 15 is 0 Å². The molecule has 0 aromatic heterocycles. The van der Waals surface area contributed by atoms with Crippen molar-refractivity contribution in [1.29, 1.82) is 0 Å². The molecule has 14 heteroatoms. The molecule has 138 valence electrons. The van der Waals surface area contributed by atoms with E-state index in [0.29, 0.717) is 0 Å². The fourth-order valence-electron chi connectivity index (χ4n) is 1.33. The predicted molar refractivity (Wildman–Crippen MR) is 82.8 cm³/mol. The van der Waals surface area contributed by atoms with Gasteiger partial charge in [0.1, 0.15) is 18.6 Å². The number of carboxylic acids is 1. The van der Waals surface area contributed by atoms with Crippen molar-refractivity contribution in [2.24, 2.45) is 10.9 Å². The molecule has 0 aliphatic heterocycles. The molecule has 2 atom stereocenters. The van der Waals surface area contributed by atoms with Crippen LogP contribution in [0.15, 0.2) is 0 Å². The van der Waals surface area contributed by atoms with Gasteiger partial charge < -0.3 is 25.7 Å². The summed E-state index contributed by atoms with van der Waals surface area (Å²) in [5, 5.41) is 17.3. The number of amides is 2. The highest BCUT2D eigenvalue weighted by Crippen LogP contribution is 2.00. The Morgan fingerprint density at radius 1 is 1.25 bits per heavy atom. The van der Waals surface area contributed by atoms with Crippen LogP contribution in [0, 0.1) is 0 Å². The summed E-state index contributed by atoms with van der Waals surface area (Å²) in [5.41, 5.74) is 5.34. The van der Waals surface area contributed by atoms with Crippen LogP contribution in [0.25, 0.3) is 0 Å². The van der Waals surface area contributed by atoms with Crippen molar-refractivity contribution in [2.45, 2.75) is 24.9 Å². The van der Waals surface area contributed by atoms with Crippen molar-refractivity contribution < 1.29 is 36.9 Å². The fraction of sp³-hybridized carbons (Fsp3) is 0.600. The molecule has 2 unspecified atom stereocenters. The maximum atomic E-state index is 11.7. The Bertz CT molecular complexity index is 594. The molecule has 0 aliphatic rings. The van der Waals surface area contributed by atoms with Crippen molar-refractivity contribution in [3.63, 3.8) is 0 Å². The average Bonchev–Trinajstić information content (AvgIpc) is 2.45. The minimum atomic E-state index is -4.50. The lowest BCUT2D eigenvalue weighted by atomic mass is 10.1. The van der Waals surface area contributed by atoms with Gasteiger partial charge in [0.2, 0.25) is 11.8 Å². The first-order valence-corrected chi connectivity index (χ1v) is 8.48. The van der Waals surface area contributed by atoms with Crippen molar-refractivity contribution in [3.05, 3.63) is 0 Å². The summed E-state index contributed by atoms with van der Waals surface area (Å²) in [6.07, 6.45) is -0.590. The van der Waals surface area contributed by atoms with Crippen molar-refractivity contribution in [2.75, 3.05) is 12.3 Å². The molecular formula is C10H18N4O8S2. The number of carboxylic acid groups (broad SMARTS) is 1. The number of aliphatic carboxylic acids is 1. The number of rotatable bonds is 10. The number of nitrogens with one attached hydrogen (secondary N) is 2. The van der Waals surface area contributed by atoms with Crippen LogP contribution in [-0.4, -0.2) is 61.7 Å². The van der Waals surface area contributed by atoms with E-state index in [1.807, 2.05) is 0 Å². The van der Waals surface area contributed by atoms with Gasteiger partial charge in [-0.15, -0.1) is 0 Å². The third-order valence-corrected chi connectivity index (χ3v) is 3.19. The van der Waals surface area contributed by atoms with E-state index in [4.69, 9.17) is 10.8 Å². The molecule has 0 aromatic rings. The second-order valence-electron chi connectivity index (χ2n) is 4.45. The first-order valence-electron chi connectivity index (χ1n) is 6.37. The van der Waals surface area contributed by atoms with Crippen LogP contribution in [0.1, 0.15) is 12.8 Å². The highest BCUT2D eigenvalue weighted by molar-refractivity contribution is 7.84. The number of nitrogens with two attached hydrogens (primary N) is 2. The summed E-state index contributed by atoms with van der Waals surface area (Å²) < 4.78 is 25.0. The minimum Gasteiger partial charge on any atom is -0.480 e. The summed E-state index contributed by atoms with van der Waals surface area (Å²) in [7, 11) is -4.50. The fourth-order valence-corrected chi connectivity index (χ4v) is 1.94. The maximum Gasteiger partial charge on any atom is 0.382 e. The van der Waals surface area contributed by atoms with Crippen molar-refractivity contribution in [1.82, 2.24) is 10.6 Å². The average molecular weight is 386 g/mol. The van der Waals surface area contributed by atoms with Gasteiger partial charge in [-0.1, -0.05) is 0 Å². The Morgan fingerprint density at radius 3 is 2.29 bits per heavy atom. The SMILES string of the molecule is NC(CCC(=O)NC(CS)C(=O)NCC(=O)O)C(=O)OS(N)(=O)=O. The molecule has 2 amide bonds. The normalized spacial score (nSPS) is 13.5. The van der Waals surface area contributed by atoms with Gasteiger partial charge in [-0.25, -0.2) is 4.79 Å². The van der Waals surface area contributed by atoms with Crippen LogP contribution >= 0.6 is 12.6 Å². The molecule has 7 N–H and O–H groups in total. The first-order chi connectivity index (χ1) is 11.0. The van der Waals surface area contributed by atoms with E-state index in [2.05, 4.69) is 32.6 Å². The highest BCUT2D eigenvalue weighted by atomic mass is 32.2. The maximum absolute atomic E-state index is 11.7. The smallest absolute Gasteiger partial charge is 0.382 e. The molecule has 0 rings (SSSR count). The Balaban J connectivity index is 4.38. The van der Waals surface area contributed by atoms with Crippen LogP contribution in [0.3, 0.4) is 0 Å². The van der Waals surface area contributed by atoms with Crippen molar-refractivity contribution >= 4 is 46.7 Å². The third kappa shape index (κ3) is 9.98. The van der Waals surface area contributed by atoms with Crippen LogP contribution in [-0.2, 0) is 33.7 Å². The molecule has 0 aromatic carbocycles. The topological polar surface area (TPSA) is 208 Å². The van der Waals surface area contributed by atoms with Gasteiger partial charge in [-0.05, 0) is 6.42 Å². The molecular weight excluding hydrogens is 368 g/mol. The second kappa shape index (κ2) is 10.1. The van der Waals surface area contributed by atoms with Crippen LogP contribution in [0.5, 0.6) is 0 Å². The monoisotopic (exact) mass is 386 g/mol. The molecule has 0 fully saturated rings. The van der Waals surface area contributed by atoms with Gasteiger partial charge in [0.25, 0.3) is 0 Å². The largest absolute Gasteiger partial charge is 0.480 e. The lowest BCUT2D eigenvalue weighted by Crippen LogP contribution is -2.49. The molecule has 12 nitrogen and oxygen atoms in total. The molecule has 0 saturated heterocycles. The summed E-state index contributed by atoms with van der Waals surface area (Å²) in [6, 6.07) is -2.50. The van der Waals surface area contributed by atoms with Gasteiger partial charge >= 0.3 is 22.2 Å². The first kappa shape index (κ1) is 22.1. The summed E-state index contributed by atoms with van der Waals surface area (Å²) in [6.45, 7) is -0.622.